The predicted molar refractivity (Wildman–Crippen MR) is 115 cm³/mol. The van der Waals surface area contributed by atoms with E-state index < -0.39 is 0 Å². The molecule has 138 valence electrons. The number of para-hydroxylation sites is 1. The summed E-state index contributed by atoms with van der Waals surface area (Å²) < 4.78 is 6.30. The number of anilines is 1. The van der Waals surface area contributed by atoms with Crippen LogP contribution in [0.1, 0.15) is 11.1 Å². The molecule has 4 nitrogen and oxygen atoms in total. The Bertz CT molecular complexity index is 1030. The van der Waals surface area contributed by atoms with Crippen molar-refractivity contribution in [1.29, 1.82) is 5.26 Å². The van der Waals surface area contributed by atoms with Crippen molar-refractivity contribution in [2.75, 3.05) is 11.9 Å². The molecule has 0 saturated carbocycles. The van der Waals surface area contributed by atoms with Crippen molar-refractivity contribution in [1.82, 2.24) is 0 Å². The number of carbonyl (C=O) groups excluding carboxylic acids is 1. The van der Waals surface area contributed by atoms with Gasteiger partial charge >= 0.3 is 0 Å². The normalized spacial score (nSPS) is 10.8. The Hall–Kier alpha value is -3.36. The first-order valence-electron chi connectivity index (χ1n) is 8.60. The van der Waals surface area contributed by atoms with Crippen LogP contribution in [0.3, 0.4) is 0 Å². The average molecular weight is 433 g/mol. The number of halogens is 1. The average Bonchev–Trinajstić information content (AvgIpc) is 2.72. The van der Waals surface area contributed by atoms with Crippen LogP contribution in [0, 0.1) is 11.3 Å². The lowest BCUT2D eigenvalue weighted by Crippen LogP contribution is -2.20. The molecule has 0 unspecified atom stereocenters. The van der Waals surface area contributed by atoms with Gasteiger partial charge in [-0.05, 0) is 57.4 Å². The summed E-state index contributed by atoms with van der Waals surface area (Å²) in [6.45, 7) is -0.101. The molecule has 0 aliphatic heterocycles. The zero-order valence-electron chi connectivity index (χ0n) is 14.9. The van der Waals surface area contributed by atoms with Crippen molar-refractivity contribution in [3.63, 3.8) is 0 Å². The van der Waals surface area contributed by atoms with Gasteiger partial charge in [0.25, 0.3) is 5.91 Å². The molecule has 1 amide bonds. The molecule has 3 aromatic rings. The molecule has 0 fully saturated rings. The first kappa shape index (κ1) is 19.4. The van der Waals surface area contributed by atoms with Crippen molar-refractivity contribution in [2.45, 2.75) is 0 Å². The minimum absolute atomic E-state index is 0.101. The van der Waals surface area contributed by atoms with Gasteiger partial charge in [0.2, 0.25) is 0 Å². The molecule has 0 saturated heterocycles. The number of rotatable bonds is 6. The number of amides is 1. The number of carbonyl (C=O) groups is 1. The number of hydrogen-bond acceptors (Lipinski definition) is 3. The molecule has 0 bridgehead atoms. The van der Waals surface area contributed by atoms with Gasteiger partial charge in [-0.3, -0.25) is 4.79 Å². The summed E-state index contributed by atoms with van der Waals surface area (Å²) in [7, 11) is 0. The van der Waals surface area contributed by atoms with Gasteiger partial charge in [-0.15, -0.1) is 0 Å². The molecule has 0 spiro atoms. The van der Waals surface area contributed by atoms with Crippen LogP contribution in [-0.2, 0) is 4.79 Å². The molecular weight excluding hydrogens is 416 g/mol. The zero-order valence-corrected chi connectivity index (χ0v) is 16.5. The summed E-state index contributed by atoms with van der Waals surface area (Å²) in [6.07, 6.45) is 1.81. The van der Waals surface area contributed by atoms with E-state index in [1.807, 2.05) is 78.9 Å². The second-order valence-corrected chi connectivity index (χ2v) is 6.78. The molecular formula is C23H17BrN2O2. The number of benzene rings is 3. The lowest BCUT2D eigenvalue weighted by molar-refractivity contribution is -0.118. The molecule has 0 atom stereocenters. The Labute approximate surface area is 172 Å². The van der Waals surface area contributed by atoms with E-state index in [2.05, 4.69) is 27.3 Å². The monoisotopic (exact) mass is 432 g/mol. The number of hydrogen-bond donors (Lipinski definition) is 1. The van der Waals surface area contributed by atoms with Crippen LogP contribution in [-0.4, -0.2) is 12.5 Å². The second kappa shape index (κ2) is 9.54. The van der Waals surface area contributed by atoms with Gasteiger partial charge < -0.3 is 10.1 Å². The molecule has 0 aliphatic rings. The number of ether oxygens (including phenoxy) is 1. The smallest absolute Gasteiger partial charge is 0.262 e. The van der Waals surface area contributed by atoms with Crippen molar-refractivity contribution < 1.29 is 9.53 Å². The molecule has 5 heteroatoms. The van der Waals surface area contributed by atoms with Gasteiger partial charge in [-0.1, -0.05) is 54.6 Å². The Morgan fingerprint density at radius 3 is 2.36 bits per heavy atom. The molecule has 1 N–H and O–H groups in total. The summed E-state index contributed by atoms with van der Waals surface area (Å²) in [4.78, 5) is 12.0. The Balaban J connectivity index is 1.66. The van der Waals surface area contributed by atoms with Gasteiger partial charge in [0.05, 0.1) is 16.1 Å². The molecule has 0 aliphatic carbocycles. The molecule has 28 heavy (non-hydrogen) atoms. The van der Waals surface area contributed by atoms with Crippen LogP contribution in [0.15, 0.2) is 83.3 Å². The van der Waals surface area contributed by atoms with Gasteiger partial charge in [-0.25, -0.2) is 0 Å². The minimum atomic E-state index is -0.238. The summed E-state index contributed by atoms with van der Waals surface area (Å²) >= 11 is 3.46. The third-order valence-corrected chi connectivity index (χ3v) is 4.51. The topological polar surface area (TPSA) is 62.1 Å². The summed E-state index contributed by atoms with van der Waals surface area (Å²) in [5, 5.41) is 12.2. The fourth-order valence-electron chi connectivity index (χ4n) is 2.55. The van der Waals surface area contributed by atoms with Gasteiger partial charge in [0, 0.05) is 5.69 Å². The Morgan fingerprint density at radius 1 is 1.04 bits per heavy atom. The van der Waals surface area contributed by atoms with Gasteiger partial charge in [0.15, 0.2) is 6.61 Å². The third-order valence-electron chi connectivity index (χ3n) is 3.89. The molecule has 0 radical (unpaired) electrons. The van der Waals surface area contributed by atoms with E-state index in [1.54, 1.807) is 6.07 Å². The number of nitriles is 1. The Morgan fingerprint density at radius 2 is 1.71 bits per heavy atom. The lowest BCUT2D eigenvalue weighted by atomic mass is 10.0. The first-order chi connectivity index (χ1) is 13.7. The van der Waals surface area contributed by atoms with E-state index in [-0.39, 0.29) is 12.5 Å². The molecule has 3 rings (SSSR count). The molecule has 0 aromatic heterocycles. The van der Waals surface area contributed by atoms with E-state index in [9.17, 15) is 10.1 Å². The summed E-state index contributed by atoms with van der Waals surface area (Å²) in [6, 6.07) is 26.4. The van der Waals surface area contributed by atoms with Crippen LogP contribution >= 0.6 is 15.9 Å². The number of nitrogens with one attached hydrogen (secondary N) is 1. The highest BCUT2D eigenvalue weighted by molar-refractivity contribution is 9.10. The number of allylic oxidation sites excluding steroid dienone is 1. The highest BCUT2D eigenvalue weighted by Crippen LogP contribution is 2.28. The summed E-state index contributed by atoms with van der Waals surface area (Å²) in [5.74, 6) is 0.316. The van der Waals surface area contributed by atoms with Gasteiger partial charge in [0.1, 0.15) is 5.75 Å². The Kier molecular flexibility index (Phi) is 6.61. The largest absolute Gasteiger partial charge is 0.483 e. The van der Waals surface area contributed by atoms with E-state index in [0.717, 1.165) is 16.8 Å². The van der Waals surface area contributed by atoms with Crippen LogP contribution in [0.2, 0.25) is 0 Å². The third kappa shape index (κ3) is 5.32. The lowest BCUT2D eigenvalue weighted by Gasteiger charge is -2.10. The quantitative estimate of drug-likeness (QED) is 0.411. The fraction of sp³-hybridized carbons (Fsp3) is 0.0435. The van der Waals surface area contributed by atoms with Gasteiger partial charge in [-0.2, -0.15) is 5.26 Å². The van der Waals surface area contributed by atoms with Crippen molar-refractivity contribution in [3.8, 4) is 11.8 Å². The predicted octanol–water partition coefficient (Wildman–Crippen LogP) is 5.53. The fourth-order valence-corrected chi connectivity index (χ4v) is 3.06. The van der Waals surface area contributed by atoms with Crippen LogP contribution in [0.4, 0.5) is 5.69 Å². The van der Waals surface area contributed by atoms with E-state index in [0.29, 0.717) is 15.8 Å². The maximum absolute atomic E-state index is 12.0. The van der Waals surface area contributed by atoms with Crippen LogP contribution in [0.5, 0.6) is 5.75 Å². The van der Waals surface area contributed by atoms with Crippen molar-refractivity contribution >= 4 is 39.2 Å². The van der Waals surface area contributed by atoms with Crippen LogP contribution < -0.4 is 10.1 Å². The summed E-state index contributed by atoms with van der Waals surface area (Å²) in [5.41, 5.74) is 3.01. The van der Waals surface area contributed by atoms with E-state index >= 15 is 0 Å². The van der Waals surface area contributed by atoms with Crippen molar-refractivity contribution in [3.05, 3.63) is 94.5 Å². The molecule has 0 heterocycles. The first-order valence-corrected chi connectivity index (χ1v) is 9.39. The van der Waals surface area contributed by atoms with Crippen LogP contribution in [0.25, 0.3) is 11.6 Å². The maximum atomic E-state index is 12.0. The zero-order chi connectivity index (χ0) is 19.8. The highest BCUT2D eigenvalue weighted by Gasteiger charge is 2.07. The maximum Gasteiger partial charge on any atom is 0.262 e. The minimum Gasteiger partial charge on any atom is -0.483 e. The van der Waals surface area contributed by atoms with E-state index in [1.165, 1.54) is 0 Å². The molecule has 3 aromatic carbocycles. The highest BCUT2D eigenvalue weighted by atomic mass is 79.9. The van der Waals surface area contributed by atoms with Crippen molar-refractivity contribution in [2.24, 2.45) is 0 Å². The second-order valence-electron chi connectivity index (χ2n) is 5.93. The SMILES string of the molecule is N#C/C(=C\c1ccc(OCC(=O)Nc2ccccc2)c(Br)c1)c1ccccc1. The standard InChI is InChI=1S/C23H17BrN2O2/c24-21-14-17(13-19(15-25)18-7-3-1-4-8-18)11-12-22(21)28-16-23(27)26-20-9-5-2-6-10-20/h1-14H,16H2,(H,26,27)/b19-13+. The van der Waals surface area contributed by atoms with E-state index in [4.69, 9.17) is 4.74 Å². The number of nitrogens with zero attached hydrogens (tertiary/aromatic N) is 1.